The quantitative estimate of drug-likeness (QED) is 0.726. The Balaban J connectivity index is 2.05. The van der Waals surface area contributed by atoms with Gasteiger partial charge in [-0.05, 0) is 60.6 Å². The fourth-order valence-corrected chi connectivity index (χ4v) is 3.18. The molecular formula is C22H28N2O. The van der Waals surface area contributed by atoms with Crippen LogP contribution in [0.25, 0.3) is 11.0 Å². The van der Waals surface area contributed by atoms with Gasteiger partial charge in [0.15, 0.2) is 0 Å². The number of nitrogens with zero attached hydrogens (tertiary/aromatic N) is 2. The fourth-order valence-electron chi connectivity index (χ4n) is 3.18. The summed E-state index contributed by atoms with van der Waals surface area (Å²) in [4.78, 5) is 4.68. The van der Waals surface area contributed by atoms with E-state index in [-0.39, 0.29) is 5.41 Å². The van der Waals surface area contributed by atoms with E-state index in [1.165, 1.54) is 22.3 Å². The molecule has 0 radical (unpaired) electrons. The van der Waals surface area contributed by atoms with Crippen LogP contribution in [0.1, 0.15) is 61.9 Å². The zero-order valence-electron chi connectivity index (χ0n) is 16.1. The molecule has 0 spiro atoms. The zero-order chi connectivity index (χ0) is 18.4. The van der Waals surface area contributed by atoms with Gasteiger partial charge in [-0.3, -0.25) is 0 Å². The number of aliphatic hydroxyl groups excluding tert-OH is 1. The van der Waals surface area contributed by atoms with Crippen LogP contribution in [0.3, 0.4) is 0 Å². The van der Waals surface area contributed by atoms with Gasteiger partial charge in [0, 0.05) is 6.54 Å². The molecule has 0 fully saturated rings. The molecule has 1 unspecified atom stereocenters. The summed E-state index contributed by atoms with van der Waals surface area (Å²) in [5, 5.41) is 10.2. The molecule has 0 saturated heterocycles. The van der Waals surface area contributed by atoms with Crippen LogP contribution in [0.15, 0.2) is 36.4 Å². The molecule has 1 N–H and O–H groups in total. The highest BCUT2D eigenvalue weighted by Gasteiger charge is 2.17. The van der Waals surface area contributed by atoms with Gasteiger partial charge in [0.25, 0.3) is 0 Å². The van der Waals surface area contributed by atoms with Crippen molar-refractivity contribution in [3.63, 3.8) is 0 Å². The molecular weight excluding hydrogens is 308 g/mol. The minimum absolute atomic E-state index is 0.152. The van der Waals surface area contributed by atoms with E-state index < -0.39 is 6.10 Å². The molecule has 0 aliphatic carbocycles. The maximum Gasteiger partial charge on any atom is 0.138 e. The van der Waals surface area contributed by atoms with E-state index >= 15 is 0 Å². The summed E-state index contributed by atoms with van der Waals surface area (Å²) >= 11 is 0. The summed E-state index contributed by atoms with van der Waals surface area (Å²) in [6.45, 7) is 13.4. The molecule has 3 aromatic rings. The molecule has 0 saturated carbocycles. The predicted molar refractivity (Wildman–Crippen MR) is 104 cm³/mol. The molecule has 3 heteroatoms. The first-order valence-electron chi connectivity index (χ1n) is 8.91. The summed E-state index contributed by atoms with van der Waals surface area (Å²) < 4.78 is 2.14. The lowest BCUT2D eigenvalue weighted by molar-refractivity contribution is 0.185. The largest absolute Gasteiger partial charge is 0.385 e. The molecule has 1 aromatic heterocycles. The first-order valence-corrected chi connectivity index (χ1v) is 8.91. The molecule has 0 bridgehead atoms. The maximum atomic E-state index is 10.2. The number of aryl methyl sites for hydroxylation is 2. The average molecular weight is 336 g/mol. The van der Waals surface area contributed by atoms with Gasteiger partial charge in [0.05, 0.1) is 11.0 Å². The number of rotatable bonds is 3. The van der Waals surface area contributed by atoms with Gasteiger partial charge in [0.1, 0.15) is 11.9 Å². The van der Waals surface area contributed by atoms with Gasteiger partial charge >= 0.3 is 0 Å². The Hall–Kier alpha value is -2.13. The SMILES string of the molecule is Cc1cc2nc(C(C)O)n(Cc3ccc(C(C)(C)C)cc3)c2cc1C. The van der Waals surface area contributed by atoms with E-state index in [1.807, 2.05) is 0 Å². The highest BCUT2D eigenvalue weighted by molar-refractivity contribution is 5.78. The Morgan fingerprint density at radius 2 is 1.64 bits per heavy atom. The monoisotopic (exact) mass is 336 g/mol. The van der Waals surface area contributed by atoms with Crippen LogP contribution >= 0.6 is 0 Å². The molecule has 0 amide bonds. The van der Waals surface area contributed by atoms with E-state index in [0.29, 0.717) is 6.54 Å². The second-order valence-electron chi connectivity index (χ2n) is 8.10. The zero-order valence-corrected chi connectivity index (χ0v) is 16.1. The predicted octanol–water partition coefficient (Wildman–Crippen LogP) is 5.05. The summed E-state index contributed by atoms with van der Waals surface area (Å²) in [7, 11) is 0. The highest BCUT2D eigenvalue weighted by Crippen LogP contribution is 2.26. The first-order chi connectivity index (χ1) is 11.7. The summed E-state index contributed by atoms with van der Waals surface area (Å²) in [5.41, 5.74) is 7.20. The molecule has 1 atom stereocenters. The van der Waals surface area contributed by atoms with E-state index in [2.05, 4.69) is 80.6 Å². The number of fused-ring (bicyclic) bond motifs is 1. The number of imidazole rings is 1. The first kappa shape index (κ1) is 17.7. The number of aromatic nitrogens is 2. The lowest BCUT2D eigenvalue weighted by Gasteiger charge is -2.19. The van der Waals surface area contributed by atoms with Crippen molar-refractivity contribution in [2.45, 2.75) is 59.6 Å². The average Bonchev–Trinajstić information content (AvgIpc) is 2.86. The second kappa shape index (κ2) is 6.30. The van der Waals surface area contributed by atoms with Crippen LogP contribution in [-0.4, -0.2) is 14.7 Å². The van der Waals surface area contributed by atoms with Crippen molar-refractivity contribution < 1.29 is 5.11 Å². The van der Waals surface area contributed by atoms with Crippen LogP contribution in [0.5, 0.6) is 0 Å². The number of aliphatic hydroxyl groups is 1. The van der Waals surface area contributed by atoms with Crippen LogP contribution < -0.4 is 0 Å². The van der Waals surface area contributed by atoms with Crippen LogP contribution in [-0.2, 0) is 12.0 Å². The van der Waals surface area contributed by atoms with Gasteiger partial charge < -0.3 is 9.67 Å². The third-order valence-electron chi connectivity index (χ3n) is 4.93. The molecule has 0 aliphatic rings. The molecule has 1 heterocycles. The van der Waals surface area contributed by atoms with E-state index in [1.54, 1.807) is 6.92 Å². The maximum absolute atomic E-state index is 10.2. The Labute approximate surface area is 150 Å². The Bertz CT molecular complexity index is 896. The highest BCUT2D eigenvalue weighted by atomic mass is 16.3. The van der Waals surface area contributed by atoms with Crippen molar-refractivity contribution in [2.24, 2.45) is 0 Å². The standard InChI is InChI=1S/C22H28N2O/c1-14-11-19-20(12-15(14)2)24(21(23-19)16(3)25)13-17-7-9-18(10-8-17)22(4,5)6/h7-12,16,25H,13H2,1-6H3. The Kier molecular flexibility index (Phi) is 4.46. The lowest BCUT2D eigenvalue weighted by Crippen LogP contribution is -2.11. The molecule has 3 nitrogen and oxygen atoms in total. The van der Waals surface area contributed by atoms with Crippen LogP contribution in [0.2, 0.25) is 0 Å². The van der Waals surface area contributed by atoms with Crippen molar-refractivity contribution in [1.82, 2.24) is 9.55 Å². The number of hydrogen-bond acceptors (Lipinski definition) is 2. The van der Waals surface area contributed by atoms with Gasteiger partial charge in [-0.25, -0.2) is 4.98 Å². The van der Waals surface area contributed by atoms with Crippen LogP contribution in [0.4, 0.5) is 0 Å². The van der Waals surface area contributed by atoms with Crippen molar-refractivity contribution in [3.8, 4) is 0 Å². The molecule has 2 aromatic carbocycles. The van der Waals surface area contributed by atoms with Gasteiger partial charge in [-0.2, -0.15) is 0 Å². The lowest BCUT2D eigenvalue weighted by atomic mass is 9.87. The fraction of sp³-hybridized carbons (Fsp3) is 0.409. The molecule has 0 aliphatic heterocycles. The minimum Gasteiger partial charge on any atom is -0.385 e. The van der Waals surface area contributed by atoms with E-state index in [9.17, 15) is 5.11 Å². The van der Waals surface area contributed by atoms with Crippen molar-refractivity contribution in [1.29, 1.82) is 0 Å². The topological polar surface area (TPSA) is 38.1 Å². The van der Waals surface area contributed by atoms with E-state index in [0.717, 1.165) is 16.9 Å². The molecule has 132 valence electrons. The normalized spacial score (nSPS) is 13.4. The summed E-state index contributed by atoms with van der Waals surface area (Å²) in [6, 6.07) is 13.0. The Morgan fingerprint density at radius 3 is 2.20 bits per heavy atom. The molecule has 25 heavy (non-hydrogen) atoms. The van der Waals surface area contributed by atoms with Crippen molar-refractivity contribution >= 4 is 11.0 Å². The minimum atomic E-state index is -0.595. The van der Waals surface area contributed by atoms with Gasteiger partial charge in [0.2, 0.25) is 0 Å². The Morgan fingerprint density at radius 1 is 1.04 bits per heavy atom. The molecule has 3 rings (SSSR count). The van der Waals surface area contributed by atoms with Gasteiger partial charge in [-0.1, -0.05) is 45.0 Å². The number of hydrogen-bond donors (Lipinski definition) is 1. The van der Waals surface area contributed by atoms with E-state index in [4.69, 9.17) is 0 Å². The third-order valence-corrected chi connectivity index (χ3v) is 4.93. The van der Waals surface area contributed by atoms with Crippen molar-refractivity contribution in [2.75, 3.05) is 0 Å². The van der Waals surface area contributed by atoms with Crippen LogP contribution in [0, 0.1) is 13.8 Å². The van der Waals surface area contributed by atoms with Crippen molar-refractivity contribution in [3.05, 3.63) is 64.5 Å². The van der Waals surface area contributed by atoms with Gasteiger partial charge in [-0.15, -0.1) is 0 Å². The second-order valence-corrected chi connectivity index (χ2v) is 8.10. The summed E-state index contributed by atoms with van der Waals surface area (Å²) in [6.07, 6.45) is -0.595. The summed E-state index contributed by atoms with van der Waals surface area (Å²) in [5.74, 6) is 0.722. The third kappa shape index (κ3) is 3.47. The number of benzene rings is 2. The smallest absolute Gasteiger partial charge is 0.138 e.